The predicted octanol–water partition coefficient (Wildman–Crippen LogP) is 2.66. The first-order chi connectivity index (χ1) is 17.3. The van der Waals surface area contributed by atoms with E-state index in [0.717, 1.165) is 10.2 Å². The molecule has 1 saturated heterocycles. The molecule has 11 heteroatoms. The molecule has 2 heterocycles. The van der Waals surface area contributed by atoms with E-state index < -0.39 is 21.9 Å². The molecule has 1 amide bonds. The molecule has 0 unspecified atom stereocenters. The summed E-state index contributed by atoms with van der Waals surface area (Å²) in [6.07, 6.45) is 6.27. The van der Waals surface area contributed by atoms with Crippen LogP contribution in [0.5, 0.6) is 5.75 Å². The van der Waals surface area contributed by atoms with E-state index >= 15 is 0 Å². The Labute approximate surface area is 213 Å². The SMILES string of the molecule is C#CCn1c(=NC(=O)C2CCN(S(=O)(=O)c3ccc(OC)cc3)CC2)sc2cc(C(=O)OC)ccc21. The number of hydrogen-bond acceptors (Lipinski definition) is 7. The molecule has 0 aliphatic carbocycles. The zero-order valence-electron chi connectivity index (χ0n) is 19.8. The van der Waals surface area contributed by atoms with Crippen LogP contribution in [0.1, 0.15) is 23.2 Å². The summed E-state index contributed by atoms with van der Waals surface area (Å²) in [6, 6.07) is 11.3. The van der Waals surface area contributed by atoms with Gasteiger partial charge in [0.05, 0.1) is 41.4 Å². The average molecular weight is 528 g/mol. The number of ether oxygens (including phenoxy) is 2. The molecule has 4 rings (SSSR count). The minimum atomic E-state index is -3.67. The lowest BCUT2D eigenvalue weighted by Gasteiger charge is -2.29. The number of thiazole rings is 1. The lowest BCUT2D eigenvalue weighted by molar-refractivity contribution is -0.122. The number of esters is 1. The second-order valence-electron chi connectivity index (χ2n) is 8.15. The van der Waals surface area contributed by atoms with Crippen LogP contribution in [0.25, 0.3) is 10.2 Å². The van der Waals surface area contributed by atoms with Crippen molar-refractivity contribution in [3.05, 3.63) is 52.8 Å². The van der Waals surface area contributed by atoms with Gasteiger partial charge in [0, 0.05) is 19.0 Å². The second kappa shape index (κ2) is 10.7. The average Bonchev–Trinajstić information content (AvgIpc) is 3.24. The predicted molar refractivity (Wildman–Crippen MR) is 135 cm³/mol. The zero-order valence-corrected chi connectivity index (χ0v) is 21.5. The molecule has 0 saturated carbocycles. The van der Waals surface area contributed by atoms with Gasteiger partial charge in [-0.15, -0.1) is 6.42 Å². The molecule has 3 aromatic rings. The summed E-state index contributed by atoms with van der Waals surface area (Å²) in [4.78, 5) is 29.9. The Morgan fingerprint density at radius 2 is 1.83 bits per heavy atom. The van der Waals surface area contributed by atoms with Gasteiger partial charge in [0.2, 0.25) is 10.0 Å². The smallest absolute Gasteiger partial charge is 0.337 e. The summed E-state index contributed by atoms with van der Waals surface area (Å²) < 4.78 is 39.8. The van der Waals surface area contributed by atoms with Gasteiger partial charge in [-0.05, 0) is 55.3 Å². The van der Waals surface area contributed by atoms with Gasteiger partial charge in [0.1, 0.15) is 5.75 Å². The molecule has 2 aromatic carbocycles. The standard InChI is InChI=1S/C25H25N3O6S2/c1-4-13-28-21-10-5-18(24(30)34-3)16-22(21)35-25(28)26-23(29)17-11-14-27(15-12-17)36(31,32)20-8-6-19(33-2)7-9-20/h1,5-10,16-17H,11-15H2,2-3H3. The molecule has 36 heavy (non-hydrogen) atoms. The molecule has 1 fully saturated rings. The summed E-state index contributed by atoms with van der Waals surface area (Å²) >= 11 is 1.26. The van der Waals surface area contributed by atoms with Crippen molar-refractivity contribution in [2.24, 2.45) is 10.9 Å². The highest BCUT2D eigenvalue weighted by Crippen LogP contribution is 2.26. The molecule has 1 aromatic heterocycles. The fraction of sp³-hybridized carbons (Fsp3) is 0.320. The van der Waals surface area contributed by atoms with Crippen molar-refractivity contribution >= 4 is 43.5 Å². The summed E-state index contributed by atoms with van der Waals surface area (Å²) in [5, 5.41) is 0. The molecular weight excluding hydrogens is 502 g/mol. The maximum absolute atomic E-state index is 13.0. The van der Waals surface area contributed by atoms with E-state index in [4.69, 9.17) is 15.9 Å². The zero-order chi connectivity index (χ0) is 25.9. The number of aromatic nitrogens is 1. The number of rotatable bonds is 6. The van der Waals surface area contributed by atoms with Crippen LogP contribution >= 0.6 is 11.3 Å². The highest BCUT2D eigenvalue weighted by Gasteiger charge is 2.32. The number of methoxy groups -OCH3 is 2. The van der Waals surface area contributed by atoms with Gasteiger partial charge in [-0.3, -0.25) is 4.79 Å². The summed E-state index contributed by atoms with van der Waals surface area (Å²) in [6.45, 7) is 0.654. The lowest BCUT2D eigenvalue weighted by atomic mass is 9.98. The maximum atomic E-state index is 13.0. The topological polar surface area (TPSA) is 107 Å². The largest absolute Gasteiger partial charge is 0.497 e. The Morgan fingerprint density at radius 3 is 2.44 bits per heavy atom. The van der Waals surface area contributed by atoms with Gasteiger partial charge in [-0.1, -0.05) is 17.3 Å². The summed E-state index contributed by atoms with van der Waals surface area (Å²) in [5.74, 6) is 1.97. The van der Waals surface area contributed by atoms with Gasteiger partial charge in [0.15, 0.2) is 4.80 Å². The van der Waals surface area contributed by atoms with Crippen LogP contribution in [0, 0.1) is 18.3 Å². The monoisotopic (exact) mass is 527 g/mol. The number of benzene rings is 2. The third-order valence-corrected chi connectivity index (χ3v) is 9.01. The molecule has 9 nitrogen and oxygen atoms in total. The number of sulfonamides is 1. The Bertz CT molecular complexity index is 1510. The van der Waals surface area contributed by atoms with Crippen LogP contribution in [0.15, 0.2) is 52.4 Å². The number of amides is 1. The van der Waals surface area contributed by atoms with Crippen molar-refractivity contribution in [2.45, 2.75) is 24.3 Å². The Kier molecular flexibility index (Phi) is 7.59. The van der Waals surface area contributed by atoms with Gasteiger partial charge in [-0.2, -0.15) is 9.30 Å². The van der Waals surface area contributed by atoms with Crippen LogP contribution in [0.3, 0.4) is 0 Å². The fourth-order valence-electron chi connectivity index (χ4n) is 4.07. The molecule has 188 valence electrons. The fourth-order valence-corrected chi connectivity index (χ4v) is 6.62. The first kappa shape index (κ1) is 25.6. The number of nitrogens with zero attached hydrogens (tertiary/aromatic N) is 3. The van der Waals surface area contributed by atoms with E-state index in [1.54, 1.807) is 34.9 Å². The minimum absolute atomic E-state index is 0.185. The van der Waals surface area contributed by atoms with E-state index in [0.29, 0.717) is 29.0 Å². The molecule has 0 N–H and O–H groups in total. The Balaban J connectivity index is 1.53. The van der Waals surface area contributed by atoms with Crippen molar-refractivity contribution < 1.29 is 27.5 Å². The highest BCUT2D eigenvalue weighted by molar-refractivity contribution is 7.89. The number of hydrogen-bond donors (Lipinski definition) is 0. The van der Waals surface area contributed by atoms with Gasteiger partial charge in [-0.25, -0.2) is 13.2 Å². The number of carbonyl (C=O) groups excluding carboxylic acids is 2. The van der Waals surface area contributed by atoms with E-state index in [2.05, 4.69) is 10.9 Å². The number of carbonyl (C=O) groups is 2. The molecule has 1 aliphatic heterocycles. The summed E-state index contributed by atoms with van der Waals surface area (Å²) in [7, 11) is -0.837. The molecule has 0 atom stereocenters. The van der Waals surface area contributed by atoms with E-state index in [1.807, 2.05) is 0 Å². The third kappa shape index (κ3) is 5.06. The van der Waals surface area contributed by atoms with Crippen molar-refractivity contribution in [2.75, 3.05) is 27.3 Å². The number of terminal acetylenes is 1. The van der Waals surface area contributed by atoms with E-state index in [-0.39, 0.29) is 30.4 Å². The molecule has 0 radical (unpaired) electrons. The third-order valence-electron chi connectivity index (χ3n) is 6.06. The molecule has 0 spiro atoms. The van der Waals surface area contributed by atoms with Crippen LogP contribution in [-0.4, -0.2) is 56.5 Å². The van der Waals surface area contributed by atoms with E-state index in [1.165, 1.54) is 42.0 Å². The molecular formula is C25H25N3O6S2. The number of fused-ring (bicyclic) bond motifs is 1. The van der Waals surface area contributed by atoms with Gasteiger partial charge >= 0.3 is 5.97 Å². The Hall–Kier alpha value is -3.46. The summed E-state index contributed by atoms with van der Waals surface area (Å²) in [5.41, 5.74) is 1.15. The maximum Gasteiger partial charge on any atom is 0.337 e. The molecule has 1 aliphatic rings. The van der Waals surface area contributed by atoms with Crippen molar-refractivity contribution in [3.8, 4) is 18.1 Å². The van der Waals surface area contributed by atoms with Crippen LogP contribution in [0.4, 0.5) is 0 Å². The van der Waals surface area contributed by atoms with Crippen molar-refractivity contribution in [1.29, 1.82) is 0 Å². The minimum Gasteiger partial charge on any atom is -0.497 e. The lowest BCUT2D eigenvalue weighted by Crippen LogP contribution is -2.40. The van der Waals surface area contributed by atoms with Gasteiger partial charge < -0.3 is 14.0 Å². The van der Waals surface area contributed by atoms with Gasteiger partial charge in [0.25, 0.3) is 5.91 Å². The quantitative estimate of drug-likeness (QED) is 0.360. The number of piperidine rings is 1. The molecule has 0 bridgehead atoms. The first-order valence-electron chi connectivity index (χ1n) is 11.2. The Morgan fingerprint density at radius 1 is 1.14 bits per heavy atom. The van der Waals surface area contributed by atoms with E-state index in [9.17, 15) is 18.0 Å². The van der Waals surface area contributed by atoms with Crippen LogP contribution in [-0.2, 0) is 26.1 Å². The normalized spacial score (nSPS) is 15.5. The first-order valence-corrected chi connectivity index (χ1v) is 13.4. The van der Waals surface area contributed by atoms with Crippen LogP contribution in [0.2, 0.25) is 0 Å². The van der Waals surface area contributed by atoms with Crippen molar-refractivity contribution in [1.82, 2.24) is 8.87 Å². The second-order valence-corrected chi connectivity index (χ2v) is 11.1. The van der Waals surface area contributed by atoms with Crippen LogP contribution < -0.4 is 9.54 Å². The highest BCUT2D eigenvalue weighted by atomic mass is 32.2. The van der Waals surface area contributed by atoms with Crippen molar-refractivity contribution in [3.63, 3.8) is 0 Å².